The van der Waals surface area contributed by atoms with Crippen LogP contribution in [0.4, 0.5) is 5.69 Å². The number of nitrogens with zero attached hydrogens (tertiary/aromatic N) is 1. The number of carbonyl (C=O) groups excluding carboxylic acids is 1. The molecule has 1 aliphatic rings. The fourth-order valence-electron chi connectivity index (χ4n) is 2.95. The van der Waals surface area contributed by atoms with Crippen LogP contribution in [0.1, 0.15) is 45.6 Å². The highest BCUT2D eigenvalue weighted by Gasteiger charge is 2.23. The molecule has 0 unspecified atom stereocenters. The van der Waals surface area contributed by atoms with Gasteiger partial charge in [-0.05, 0) is 43.9 Å². The molecule has 0 spiro atoms. The van der Waals surface area contributed by atoms with Gasteiger partial charge < -0.3 is 10.1 Å². The van der Waals surface area contributed by atoms with Crippen LogP contribution < -0.4 is 5.32 Å². The Morgan fingerprint density at radius 2 is 1.86 bits per heavy atom. The SMILES string of the molecule is CC[C@H](C)c1ccc(NC(=O)CN2C[C@H](C)O[C@@H](C)C2)cc1. The van der Waals surface area contributed by atoms with Crippen molar-refractivity contribution in [1.82, 2.24) is 4.90 Å². The molecule has 0 aromatic heterocycles. The van der Waals surface area contributed by atoms with Gasteiger partial charge in [-0.1, -0.05) is 26.0 Å². The number of carbonyl (C=O) groups is 1. The number of anilines is 1. The van der Waals surface area contributed by atoms with E-state index in [9.17, 15) is 4.79 Å². The van der Waals surface area contributed by atoms with Crippen molar-refractivity contribution in [2.24, 2.45) is 0 Å². The Morgan fingerprint density at radius 1 is 1.27 bits per heavy atom. The zero-order valence-corrected chi connectivity index (χ0v) is 14.1. The molecule has 122 valence electrons. The van der Waals surface area contributed by atoms with Crippen LogP contribution in [0.3, 0.4) is 0 Å². The number of morpholine rings is 1. The maximum absolute atomic E-state index is 12.2. The second-order valence-electron chi connectivity index (χ2n) is 6.43. The van der Waals surface area contributed by atoms with Gasteiger partial charge in [-0.25, -0.2) is 0 Å². The molecular formula is C18H28N2O2. The summed E-state index contributed by atoms with van der Waals surface area (Å²) in [5.41, 5.74) is 2.18. The Labute approximate surface area is 133 Å². The molecule has 1 N–H and O–H groups in total. The van der Waals surface area contributed by atoms with E-state index in [1.165, 1.54) is 5.56 Å². The highest BCUT2D eigenvalue weighted by atomic mass is 16.5. The van der Waals surface area contributed by atoms with Gasteiger partial charge in [0.15, 0.2) is 0 Å². The highest BCUT2D eigenvalue weighted by molar-refractivity contribution is 5.92. The molecule has 1 aromatic rings. The normalized spacial score (nSPS) is 24.0. The second-order valence-corrected chi connectivity index (χ2v) is 6.43. The first-order valence-electron chi connectivity index (χ1n) is 8.25. The fourth-order valence-corrected chi connectivity index (χ4v) is 2.95. The van der Waals surface area contributed by atoms with Gasteiger partial charge in [0.05, 0.1) is 18.8 Å². The molecule has 0 saturated carbocycles. The third-order valence-electron chi connectivity index (χ3n) is 4.24. The van der Waals surface area contributed by atoms with Crippen LogP contribution in [0.25, 0.3) is 0 Å². The molecule has 0 bridgehead atoms. The van der Waals surface area contributed by atoms with Crippen LogP contribution in [-0.2, 0) is 9.53 Å². The van der Waals surface area contributed by atoms with Gasteiger partial charge in [0.25, 0.3) is 0 Å². The lowest BCUT2D eigenvalue weighted by atomic mass is 9.99. The molecule has 1 aromatic carbocycles. The third-order valence-corrected chi connectivity index (χ3v) is 4.24. The van der Waals surface area contributed by atoms with Gasteiger partial charge in [0.2, 0.25) is 5.91 Å². The largest absolute Gasteiger partial charge is 0.373 e. The van der Waals surface area contributed by atoms with Gasteiger partial charge in [-0.2, -0.15) is 0 Å². The summed E-state index contributed by atoms with van der Waals surface area (Å²) >= 11 is 0. The lowest BCUT2D eigenvalue weighted by molar-refractivity contribution is -0.121. The summed E-state index contributed by atoms with van der Waals surface area (Å²) < 4.78 is 5.69. The van der Waals surface area contributed by atoms with E-state index < -0.39 is 0 Å². The second kappa shape index (κ2) is 7.75. The van der Waals surface area contributed by atoms with E-state index in [2.05, 4.69) is 36.2 Å². The van der Waals surface area contributed by atoms with Crippen molar-refractivity contribution < 1.29 is 9.53 Å². The average Bonchev–Trinajstić information content (AvgIpc) is 2.46. The van der Waals surface area contributed by atoms with Crippen LogP contribution in [0.2, 0.25) is 0 Å². The van der Waals surface area contributed by atoms with E-state index >= 15 is 0 Å². The molecule has 4 nitrogen and oxygen atoms in total. The first-order chi connectivity index (χ1) is 10.5. The van der Waals surface area contributed by atoms with E-state index in [1.54, 1.807) is 0 Å². The van der Waals surface area contributed by atoms with Crippen molar-refractivity contribution >= 4 is 11.6 Å². The minimum atomic E-state index is 0.0394. The highest BCUT2D eigenvalue weighted by Crippen LogP contribution is 2.20. The molecule has 1 heterocycles. The molecule has 3 atom stereocenters. The molecule has 1 amide bonds. The van der Waals surface area contributed by atoms with Gasteiger partial charge in [-0.15, -0.1) is 0 Å². The summed E-state index contributed by atoms with van der Waals surface area (Å²) in [7, 11) is 0. The minimum absolute atomic E-state index is 0.0394. The Kier molecular flexibility index (Phi) is 5.98. The monoisotopic (exact) mass is 304 g/mol. The van der Waals surface area contributed by atoms with Crippen molar-refractivity contribution in [3.05, 3.63) is 29.8 Å². The molecule has 2 rings (SSSR count). The van der Waals surface area contributed by atoms with Crippen molar-refractivity contribution in [1.29, 1.82) is 0 Å². The molecule has 1 aliphatic heterocycles. The van der Waals surface area contributed by atoms with E-state index in [0.717, 1.165) is 25.2 Å². The zero-order chi connectivity index (χ0) is 16.1. The predicted molar refractivity (Wildman–Crippen MR) is 90.2 cm³/mol. The zero-order valence-electron chi connectivity index (χ0n) is 14.1. The molecular weight excluding hydrogens is 276 g/mol. The average molecular weight is 304 g/mol. The van der Waals surface area contributed by atoms with E-state index in [1.807, 2.05) is 26.0 Å². The summed E-state index contributed by atoms with van der Waals surface area (Å²) in [6, 6.07) is 8.18. The lowest BCUT2D eigenvalue weighted by Crippen LogP contribution is -2.48. The third kappa shape index (κ3) is 4.82. The molecule has 22 heavy (non-hydrogen) atoms. The summed E-state index contributed by atoms with van der Waals surface area (Å²) in [6.07, 6.45) is 1.50. The quantitative estimate of drug-likeness (QED) is 0.908. The van der Waals surface area contributed by atoms with E-state index in [4.69, 9.17) is 4.74 Å². The Morgan fingerprint density at radius 3 is 2.41 bits per heavy atom. The number of ether oxygens (including phenoxy) is 1. The molecule has 0 aliphatic carbocycles. The summed E-state index contributed by atoms with van der Waals surface area (Å²) in [6.45, 7) is 10.5. The van der Waals surface area contributed by atoms with Crippen LogP contribution in [-0.4, -0.2) is 42.6 Å². The summed E-state index contributed by atoms with van der Waals surface area (Å²) in [5, 5.41) is 2.98. The van der Waals surface area contributed by atoms with Crippen molar-refractivity contribution in [2.75, 3.05) is 25.0 Å². The maximum Gasteiger partial charge on any atom is 0.238 e. The number of rotatable bonds is 5. The maximum atomic E-state index is 12.2. The van der Waals surface area contributed by atoms with Crippen LogP contribution >= 0.6 is 0 Å². The van der Waals surface area contributed by atoms with Crippen molar-refractivity contribution in [3.63, 3.8) is 0 Å². The van der Waals surface area contributed by atoms with E-state index in [0.29, 0.717) is 12.5 Å². The van der Waals surface area contributed by atoms with Crippen LogP contribution in [0.5, 0.6) is 0 Å². The van der Waals surface area contributed by atoms with Crippen molar-refractivity contribution in [2.45, 2.75) is 52.2 Å². The van der Waals surface area contributed by atoms with Gasteiger partial charge in [0.1, 0.15) is 0 Å². The Hall–Kier alpha value is -1.39. The summed E-state index contributed by atoms with van der Waals surface area (Å²) in [4.78, 5) is 14.3. The minimum Gasteiger partial charge on any atom is -0.373 e. The Bertz CT molecular complexity index is 476. The molecule has 1 fully saturated rings. The summed E-state index contributed by atoms with van der Waals surface area (Å²) in [5.74, 6) is 0.596. The fraction of sp³-hybridized carbons (Fsp3) is 0.611. The number of nitrogens with one attached hydrogen (secondary N) is 1. The number of benzene rings is 1. The van der Waals surface area contributed by atoms with Crippen molar-refractivity contribution in [3.8, 4) is 0 Å². The van der Waals surface area contributed by atoms with Gasteiger partial charge >= 0.3 is 0 Å². The van der Waals surface area contributed by atoms with Gasteiger partial charge in [0, 0.05) is 18.8 Å². The van der Waals surface area contributed by atoms with Crippen LogP contribution in [0.15, 0.2) is 24.3 Å². The van der Waals surface area contributed by atoms with E-state index in [-0.39, 0.29) is 18.1 Å². The molecule has 1 saturated heterocycles. The topological polar surface area (TPSA) is 41.6 Å². The number of amides is 1. The number of hydrogen-bond donors (Lipinski definition) is 1. The first-order valence-corrected chi connectivity index (χ1v) is 8.25. The Balaban J connectivity index is 1.86. The molecule has 0 radical (unpaired) electrons. The smallest absolute Gasteiger partial charge is 0.238 e. The predicted octanol–water partition coefficient (Wildman–Crippen LogP) is 3.25. The standard InChI is InChI=1S/C18H28N2O2/c1-5-13(2)16-6-8-17(9-7-16)19-18(21)12-20-10-14(3)22-15(4)11-20/h6-9,13-15H,5,10-12H2,1-4H3,(H,19,21)/t13-,14-,15-/m0/s1. The molecule has 4 heteroatoms. The first kappa shape index (κ1) is 17.0. The van der Waals surface area contributed by atoms with Gasteiger partial charge in [-0.3, -0.25) is 9.69 Å². The lowest BCUT2D eigenvalue weighted by Gasteiger charge is -2.34. The van der Waals surface area contributed by atoms with Crippen LogP contribution in [0, 0.1) is 0 Å². The number of hydrogen-bond acceptors (Lipinski definition) is 3.